The highest BCUT2D eigenvalue weighted by Crippen LogP contribution is 2.17. The van der Waals surface area contributed by atoms with Gasteiger partial charge >= 0.3 is 6.03 Å². The zero-order chi connectivity index (χ0) is 17.6. The Hall–Kier alpha value is -3.33. The average molecular weight is 342 g/mol. The molecule has 0 atom stereocenters. The predicted molar refractivity (Wildman–Crippen MR) is 91.1 cm³/mol. The predicted octanol–water partition coefficient (Wildman–Crippen LogP) is 2.02. The van der Waals surface area contributed by atoms with Crippen molar-refractivity contribution in [3.8, 4) is 0 Å². The van der Waals surface area contributed by atoms with Crippen LogP contribution in [0.4, 0.5) is 26.6 Å². The number of fused-ring (bicyclic) bond motifs is 1. The van der Waals surface area contributed by atoms with Crippen LogP contribution >= 0.6 is 0 Å². The van der Waals surface area contributed by atoms with E-state index >= 15 is 0 Å². The quantitative estimate of drug-likeness (QED) is 0.564. The Morgan fingerprint density at radius 1 is 1.12 bits per heavy atom. The van der Waals surface area contributed by atoms with Gasteiger partial charge in [0.2, 0.25) is 5.95 Å². The van der Waals surface area contributed by atoms with Crippen molar-refractivity contribution in [3.63, 3.8) is 0 Å². The molecule has 2 heterocycles. The molecule has 4 N–H and O–H groups in total. The van der Waals surface area contributed by atoms with Crippen LogP contribution in [0.5, 0.6) is 0 Å². The second-order valence-electron chi connectivity index (χ2n) is 5.04. The summed E-state index contributed by atoms with van der Waals surface area (Å²) in [5, 5.41) is 17.4. The van der Waals surface area contributed by atoms with Crippen molar-refractivity contribution in [3.05, 3.63) is 48.4 Å². The van der Waals surface area contributed by atoms with E-state index in [4.69, 9.17) is 5.11 Å². The number of rotatable bonds is 5. The van der Waals surface area contributed by atoms with Gasteiger partial charge in [-0.25, -0.2) is 19.2 Å². The summed E-state index contributed by atoms with van der Waals surface area (Å²) < 4.78 is 12.9. The zero-order valence-corrected chi connectivity index (χ0v) is 13.0. The molecule has 3 aromatic rings. The number of nitrogens with one attached hydrogen (secondary N) is 3. The van der Waals surface area contributed by atoms with Crippen LogP contribution in [-0.4, -0.2) is 39.2 Å². The number of hydrogen-bond acceptors (Lipinski definition) is 6. The molecule has 2 amide bonds. The Labute approximate surface area is 142 Å². The van der Waals surface area contributed by atoms with Crippen molar-refractivity contribution >= 4 is 34.5 Å². The van der Waals surface area contributed by atoms with E-state index < -0.39 is 6.03 Å². The number of amides is 2. The summed E-state index contributed by atoms with van der Waals surface area (Å²) in [5.41, 5.74) is 1.03. The highest BCUT2D eigenvalue weighted by molar-refractivity contribution is 5.89. The van der Waals surface area contributed by atoms with Gasteiger partial charge in [-0.05, 0) is 36.4 Å². The maximum absolute atomic E-state index is 12.9. The molecule has 0 saturated heterocycles. The number of urea groups is 1. The first-order valence-corrected chi connectivity index (χ1v) is 7.46. The molecular weight excluding hydrogens is 327 g/mol. The van der Waals surface area contributed by atoms with Gasteiger partial charge in [0.1, 0.15) is 11.6 Å². The number of anilines is 3. The topological polar surface area (TPSA) is 112 Å². The molecule has 8 nitrogen and oxygen atoms in total. The molecule has 1 aromatic carbocycles. The van der Waals surface area contributed by atoms with E-state index in [0.29, 0.717) is 28.5 Å². The standard InChI is InChI=1S/C16H15FN6O2/c17-11-2-4-12(5-3-11)20-15-19-9-10-1-6-13(21-14(10)23-15)22-16(25)18-7-8-24/h1-6,9,24H,7-8H2,(H3,18,19,20,21,22,23,25). The number of carbonyl (C=O) groups excluding carboxylic acids is 1. The Balaban J connectivity index is 1.78. The monoisotopic (exact) mass is 342 g/mol. The Bertz CT molecular complexity index is 887. The van der Waals surface area contributed by atoms with Crippen LogP contribution in [0.2, 0.25) is 0 Å². The van der Waals surface area contributed by atoms with E-state index in [2.05, 4.69) is 30.9 Å². The number of aliphatic hydroxyl groups is 1. The number of benzene rings is 1. The van der Waals surface area contributed by atoms with Gasteiger partial charge in [-0.2, -0.15) is 4.98 Å². The molecule has 0 radical (unpaired) electrons. The minimum Gasteiger partial charge on any atom is -0.395 e. The summed E-state index contributed by atoms with van der Waals surface area (Å²) in [4.78, 5) is 24.3. The fraction of sp³-hybridized carbons (Fsp3) is 0.125. The number of hydrogen-bond donors (Lipinski definition) is 4. The van der Waals surface area contributed by atoms with Gasteiger partial charge in [-0.3, -0.25) is 5.32 Å². The number of pyridine rings is 1. The van der Waals surface area contributed by atoms with Gasteiger partial charge in [0, 0.05) is 23.8 Å². The van der Waals surface area contributed by atoms with Crippen molar-refractivity contribution in [2.75, 3.05) is 23.8 Å². The number of aromatic nitrogens is 3. The van der Waals surface area contributed by atoms with E-state index in [1.54, 1.807) is 30.5 Å². The second kappa shape index (κ2) is 7.49. The molecule has 0 aliphatic heterocycles. The van der Waals surface area contributed by atoms with Gasteiger partial charge in [0.15, 0.2) is 5.65 Å². The Morgan fingerprint density at radius 3 is 2.68 bits per heavy atom. The molecule has 0 unspecified atom stereocenters. The maximum atomic E-state index is 12.9. The van der Waals surface area contributed by atoms with Gasteiger partial charge in [0.05, 0.1) is 6.61 Å². The lowest BCUT2D eigenvalue weighted by molar-refractivity contribution is 0.244. The van der Waals surface area contributed by atoms with Crippen molar-refractivity contribution in [1.29, 1.82) is 0 Å². The van der Waals surface area contributed by atoms with Gasteiger partial charge in [0.25, 0.3) is 0 Å². The molecule has 2 aromatic heterocycles. The van der Waals surface area contributed by atoms with E-state index in [9.17, 15) is 9.18 Å². The molecule has 9 heteroatoms. The smallest absolute Gasteiger partial charge is 0.320 e. The minimum absolute atomic E-state index is 0.146. The van der Waals surface area contributed by atoms with Crippen LogP contribution in [0, 0.1) is 5.82 Å². The van der Waals surface area contributed by atoms with Crippen LogP contribution in [-0.2, 0) is 0 Å². The lowest BCUT2D eigenvalue weighted by Gasteiger charge is -2.08. The average Bonchev–Trinajstić information content (AvgIpc) is 2.61. The zero-order valence-electron chi connectivity index (χ0n) is 13.0. The van der Waals surface area contributed by atoms with E-state index in [1.165, 1.54) is 12.1 Å². The fourth-order valence-electron chi connectivity index (χ4n) is 2.03. The van der Waals surface area contributed by atoms with Crippen molar-refractivity contribution < 1.29 is 14.3 Å². The summed E-state index contributed by atoms with van der Waals surface area (Å²) >= 11 is 0. The van der Waals surface area contributed by atoms with Gasteiger partial charge < -0.3 is 15.7 Å². The normalized spacial score (nSPS) is 10.5. The molecule has 3 rings (SSSR count). The SMILES string of the molecule is O=C(NCCO)Nc1ccc2cnc(Nc3ccc(F)cc3)nc2n1. The molecular formula is C16H15FN6O2. The van der Waals surface area contributed by atoms with E-state index in [-0.39, 0.29) is 19.0 Å². The first kappa shape index (κ1) is 16.5. The molecule has 25 heavy (non-hydrogen) atoms. The van der Waals surface area contributed by atoms with Crippen molar-refractivity contribution in [1.82, 2.24) is 20.3 Å². The van der Waals surface area contributed by atoms with Crippen LogP contribution in [0.25, 0.3) is 11.0 Å². The minimum atomic E-state index is -0.473. The summed E-state index contributed by atoms with van der Waals surface area (Å²) in [6.45, 7) is -0.00245. The largest absolute Gasteiger partial charge is 0.395 e. The third-order valence-electron chi connectivity index (χ3n) is 3.18. The number of halogens is 1. The molecule has 0 aliphatic rings. The summed E-state index contributed by atoms with van der Waals surface area (Å²) in [6.07, 6.45) is 1.59. The summed E-state index contributed by atoms with van der Waals surface area (Å²) in [6, 6.07) is 8.67. The van der Waals surface area contributed by atoms with Crippen molar-refractivity contribution in [2.24, 2.45) is 0 Å². The molecule has 0 aliphatic carbocycles. The van der Waals surface area contributed by atoms with Crippen LogP contribution in [0.15, 0.2) is 42.6 Å². The molecule has 0 saturated carbocycles. The highest BCUT2D eigenvalue weighted by atomic mass is 19.1. The highest BCUT2D eigenvalue weighted by Gasteiger charge is 2.06. The Kier molecular flexibility index (Phi) is 4.95. The van der Waals surface area contributed by atoms with Crippen molar-refractivity contribution in [2.45, 2.75) is 0 Å². The third-order valence-corrected chi connectivity index (χ3v) is 3.18. The molecule has 0 spiro atoms. The van der Waals surface area contributed by atoms with E-state index in [1.807, 2.05) is 0 Å². The number of carbonyl (C=O) groups is 1. The summed E-state index contributed by atoms with van der Waals surface area (Å²) in [5.74, 6) is 0.282. The van der Waals surface area contributed by atoms with Crippen LogP contribution < -0.4 is 16.0 Å². The Morgan fingerprint density at radius 2 is 1.92 bits per heavy atom. The van der Waals surface area contributed by atoms with Crippen LogP contribution in [0.3, 0.4) is 0 Å². The van der Waals surface area contributed by atoms with Gasteiger partial charge in [-0.1, -0.05) is 0 Å². The molecule has 0 bridgehead atoms. The van der Waals surface area contributed by atoms with E-state index in [0.717, 1.165) is 0 Å². The fourth-order valence-corrected chi connectivity index (χ4v) is 2.03. The lowest BCUT2D eigenvalue weighted by atomic mass is 10.3. The third kappa shape index (κ3) is 4.36. The number of aliphatic hydroxyl groups excluding tert-OH is 1. The maximum Gasteiger partial charge on any atom is 0.320 e. The number of nitrogens with zero attached hydrogens (tertiary/aromatic N) is 3. The molecule has 128 valence electrons. The first-order chi connectivity index (χ1) is 12.1. The lowest BCUT2D eigenvalue weighted by Crippen LogP contribution is -2.31. The van der Waals surface area contributed by atoms with Crippen LogP contribution in [0.1, 0.15) is 0 Å². The first-order valence-electron chi connectivity index (χ1n) is 7.46. The molecule has 0 fully saturated rings. The summed E-state index contributed by atoms with van der Waals surface area (Å²) in [7, 11) is 0. The second-order valence-corrected chi connectivity index (χ2v) is 5.04. The van der Waals surface area contributed by atoms with Gasteiger partial charge in [-0.15, -0.1) is 0 Å².